The lowest BCUT2D eigenvalue weighted by Gasteiger charge is -2.23. The summed E-state index contributed by atoms with van der Waals surface area (Å²) in [6.45, 7) is 4.53. The third-order valence-corrected chi connectivity index (χ3v) is 6.78. The van der Waals surface area contributed by atoms with Crippen molar-refractivity contribution in [3.8, 4) is 11.1 Å². The number of hydrogen-bond acceptors (Lipinski definition) is 5. The summed E-state index contributed by atoms with van der Waals surface area (Å²) in [7, 11) is 0. The summed E-state index contributed by atoms with van der Waals surface area (Å²) in [6.07, 6.45) is -0.851. The van der Waals surface area contributed by atoms with Crippen molar-refractivity contribution < 1.29 is 28.9 Å². The van der Waals surface area contributed by atoms with Crippen LogP contribution in [-0.4, -0.2) is 60.3 Å². The molecule has 0 radical (unpaired) electrons. The number of amides is 1. The molecule has 0 saturated carbocycles. The Morgan fingerprint density at radius 3 is 2.25 bits per heavy atom. The minimum absolute atomic E-state index is 0.0348. The summed E-state index contributed by atoms with van der Waals surface area (Å²) in [5.74, 6) is -2.76. The summed E-state index contributed by atoms with van der Waals surface area (Å²) in [4.78, 5) is 26.3. The molecule has 0 aromatic heterocycles. The minimum Gasteiger partial charge on any atom is -0.481 e. The number of carbonyl (C=O) groups is 2. The van der Waals surface area contributed by atoms with Gasteiger partial charge in [0.05, 0.1) is 18.6 Å². The number of carbonyl (C=O) groups excluding carboxylic acids is 1. The summed E-state index contributed by atoms with van der Waals surface area (Å²) >= 11 is 0. The monoisotopic (exact) mass is 437 g/mol. The minimum atomic E-state index is -0.933. The lowest BCUT2D eigenvalue weighted by Crippen LogP contribution is -2.35. The van der Waals surface area contributed by atoms with Crippen LogP contribution in [0.4, 0.5) is 4.79 Å². The van der Waals surface area contributed by atoms with Crippen molar-refractivity contribution in [1.82, 2.24) is 4.90 Å². The molecule has 2 heterocycles. The maximum atomic E-state index is 12.9. The SMILES string of the molecule is CC1(C)OCC(C2CN(C(=O)OCC3c4ccccc4-c4ccccc43)CC2C(=O)O)O1. The molecule has 1 amide bonds. The van der Waals surface area contributed by atoms with Gasteiger partial charge in [-0.05, 0) is 36.1 Å². The Hall–Kier alpha value is -2.90. The Labute approximate surface area is 186 Å². The third kappa shape index (κ3) is 3.65. The highest BCUT2D eigenvalue weighted by atomic mass is 16.7. The first-order chi connectivity index (χ1) is 15.3. The van der Waals surface area contributed by atoms with Crippen LogP contribution in [0.15, 0.2) is 48.5 Å². The fraction of sp³-hybridized carbons (Fsp3) is 0.440. The maximum Gasteiger partial charge on any atom is 0.409 e. The zero-order chi connectivity index (χ0) is 22.5. The van der Waals surface area contributed by atoms with Crippen molar-refractivity contribution in [3.05, 3.63) is 59.7 Å². The van der Waals surface area contributed by atoms with Crippen LogP contribution >= 0.6 is 0 Å². The van der Waals surface area contributed by atoms with Gasteiger partial charge in [0.15, 0.2) is 5.79 Å². The molecule has 3 atom stereocenters. The molecule has 168 valence electrons. The molecule has 7 heteroatoms. The zero-order valence-electron chi connectivity index (χ0n) is 18.2. The van der Waals surface area contributed by atoms with Gasteiger partial charge in [-0.25, -0.2) is 4.79 Å². The predicted molar refractivity (Wildman–Crippen MR) is 116 cm³/mol. The van der Waals surface area contributed by atoms with Crippen molar-refractivity contribution >= 4 is 12.1 Å². The Balaban J connectivity index is 1.28. The summed E-state index contributed by atoms with van der Waals surface area (Å²) in [5.41, 5.74) is 4.61. The van der Waals surface area contributed by atoms with Crippen LogP contribution in [-0.2, 0) is 19.0 Å². The molecule has 1 aliphatic carbocycles. The van der Waals surface area contributed by atoms with E-state index in [4.69, 9.17) is 14.2 Å². The zero-order valence-corrected chi connectivity index (χ0v) is 18.2. The number of benzene rings is 2. The number of likely N-dealkylation sites (tertiary alicyclic amines) is 1. The average molecular weight is 437 g/mol. The lowest BCUT2D eigenvalue weighted by molar-refractivity contribution is -0.154. The summed E-state index contributed by atoms with van der Waals surface area (Å²) in [5, 5.41) is 9.72. The van der Waals surface area contributed by atoms with Gasteiger partial charge in [-0.2, -0.15) is 0 Å². The number of hydrogen-bond donors (Lipinski definition) is 1. The van der Waals surface area contributed by atoms with E-state index in [1.165, 1.54) is 4.90 Å². The van der Waals surface area contributed by atoms with E-state index in [1.807, 2.05) is 24.3 Å². The molecule has 2 aliphatic heterocycles. The largest absolute Gasteiger partial charge is 0.481 e. The van der Waals surface area contributed by atoms with Crippen molar-refractivity contribution in [1.29, 1.82) is 0 Å². The van der Waals surface area contributed by atoms with Crippen molar-refractivity contribution in [2.24, 2.45) is 11.8 Å². The van der Waals surface area contributed by atoms with Gasteiger partial charge in [-0.3, -0.25) is 4.79 Å². The number of aliphatic carboxylic acids is 1. The number of fused-ring (bicyclic) bond motifs is 3. The molecule has 3 unspecified atom stereocenters. The van der Waals surface area contributed by atoms with Crippen LogP contribution in [0.5, 0.6) is 0 Å². The van der Waals surface area contributed by atoms with Gasteiger partial charge >= 0.3 is 12.1 Å². The standard InChI is InChI=1S/C25H27NO6/c1-25(2)31-14-22(32-25)19-11-26(12-20(19)23(27)28)24(29)30-13-21-17-9-5-3-7-15(17)16-8-4-6-10-18(16)21/h3-10,19-22H,11-14H2,1-2H3,(H,27,28). The highest BCUT2D eigenvalue weighted by Gasteiger charge is 2.48. The molecule has 1 N–H and O–H groups in total. The van der Waals surface area contributed by atoms with Gasteiger partial charge in [-0.1, -0.05) is 48.5 Å². The first-order valence-electron chi connectivity index (χ1n) is 11.0. The Morgan fingerprint density at radius 1 is 1.06 bits per heavy atom. The normalized spacial score (nSPS) is 26.1. The first kappa shape index (κ1) is 21.0. The molecule has 0 spiro atoms. The van der Waals surface area contributed by atoms with E-state index in [9.17, 15) is 14.7 Å². The van der Waals surface area contributed by atoms with E-state index in [-0.39, 0.29) is 37.6 Å². The van der Waals surface area contributed by atoms with Gasteiger partial charge in [0.1, 0.15) is 6.61 Å². The van der Waals surface area contributed by atoms with E-state index in [2.05, 4.69) is 24.3 Å². The molecule has 7 nitrogen and oxygen atoms in total. The highest BCUT2D eigenvalue weighted by molar-refractivity contribution is 5.79. The van der Waals surface area contributed by atoms with Crippen LogP contribution in [0.1, 0.15) is 30.9 Å². The van der Waals surface area contributed by atoms with Gasteiger partial charge in [0.25, 0.3) is 0 Å². The molecule has 2 fully saturated rings. The number of nitrogens with zero attached hydrogens (tertiary/aromatic N) is 1. The first-order valence-corrected chi connectivity index (χ1v) is 11.0. The van der Waals surface area contributed by atoms with E-state index in [0.717, 1.165) is 22.3 Å². The van der Waals surface area contributed by atoms with E-state index in [0.29, 0.717) is 6.61 Å². The third-order valence-electron chi connectivity index (χ3n) is 6.78. The number of carboxylic acids is 1. The second-order valence-corrected chi connectivity index (χ2v) is 9.18. The van der Waals surface area contributed by atoms with Gasteiger partial charge < -0.3 is 24.2 Å². The van der Waals surface area contributed by atoms with Gasteiger partial charge in [0.2, 0.25) is 0 Å². The molecular formula is C25H27NO6. The summed E-state index contributed by atoms with van der Waals surface area (Å²) in [6, 6.07) is 16.3. The second kappa shape index (κ2) is 7.90. The Morgan fingerprint density at radius 2 is 1.69 bits per heavy atom. The topological polar surface area (TPSA) is 85.3 Å². The molecule has 2 aromatic carbocycles. The van der Waals surface area contributed by atoms with Crippen LogP contribution in [0.2, 0.25) is 0 Å². The van der Waals surface area contributed by atoms with Gasteiger partial charge in [-0.15, -0.1) is 0 Å². The Kier molecular flexibility index (Phi) is 5.18. The predicted octanol–water partition coefficient (Wildman–Crippen LogP) is 3.72. The molecule has 5 rings (SSSR count). The molecule has 2 saturated heterocycles. The van der Waals surface area contributed by atoms with Crippen LogP contribution in [0, 0.1) is 11.8 Å². The molecule has 2 aromatic rings. The Bertz CT molecular complexity index is 1000. The lowest BCUT2D eigenvalue weighted by atomic mass is 9.91. The van der Waals surface area contributed by atoms with Crippen LogP contribution < -0.4 is 0 Å². The van der Waals surface area contributed by atoms with Crippen molar-refractivity contribution in [2.75, 3.05) is 26.3 Å². The fourth-order valence-corrected chi connectivity index (χ4v) is 5.23. The second-order valence-electron chi connectivity index (χ2n) is 9.18. The fourth-order valence-electron chi connectivity index (χ4n) is 5.23. The van der Waals surface area contributed by atoms with Gasteiger partial charge in [0, 0.05) is 24.9 Å². The molecule has 32 heavy (non-hydrogen) atoms. The number of ether oxygens (including phenoxy) is 3. The van der Waals surface area contributed by atoms with Crippen molar-refractivity contribution in [2.45, 2.75) is 31.7 Å². The molecule has 0 bridgehead atoms. The maximum absolute atomic E-state index is 12.9. The smallest absolute Gasteiger partial charge is 0.409 e. The van der Waals surface area contributed by atoms with E-state index >= 15 is 0 Å². The van der Waals surface area contributed by atoms with E-state index < -0.39 is 23.8 Å². The number of carboxylic acid groups (broad SMARTS) is 1. The quantitative estimate of drug-likeness (QED) is 0.785. The van der Waals surface area contributed by atoms with Crippen LogP contribution in [0.3, 0.4) is 0 Å². The average Bonchev–Trinajstić information content (AvgIpc) is 3.46. The van der Waals surface area contributed by atoms with Crippen molar-refractivity contribution in [3.63, 3.8) is 0 Å². The summed E-state index contributed by atoms with van der Waals surface area (Å²) < 4.78 is 17.2. The van der Waals surface area contributed by atoms with E-state index in [1.54, 1.807) is 13.8 Å². The van der Waals surface area contributed by atoms with Crippen LogP contribution in [0.25, 0.3) is 11.1 Å². The molecular weight excluding hydrogens is 410 g/mol. The highest BCUT2D eigenvalue weighted by Crippen LogP contribution is 2.44. The number of rotatable bonds is 4. The molecule has 3 aliphatic rings.